The largest absolute Gasteiger partial charge is 0.328 e. The van der Waals surface area contributed by atoms with Crippen molar-refractivity contribution in [3.63, 3.8) is 0 Å². The van der Waals surface area contributed by atoms with E-state index in [4.69, 9.17) is 5.73 Å². The van der Waals surface area contributed by atoms with E-state index in [9.17, 15) is 0 Å². The minimum absolute atomic E-state index is 0.449. The van der Waals surface area contributed by atoms with Crippen LogP contribution in [0.5, 0.6) is 0 Å². The predicted octanol–water partition coefficient (Wildman–Crippen LogP) is 2.81. The van der Waals surface area contributed by atoms with Crippen LogP contribution in [0.2, 0.25) is 0 Å². The molecule has 1 aliphatic rings. The third kappa shape index (κ3) is 2.12. The van der Waals surface area contributed by atoms with Gasteiger partial charge in [-0.15, -0.1) is 11.3 Å². The second-order valence-corrected chi connectivity index (χ2v) is 5.60. The van der Waals surface area contributed by atoms with Gasteiger partial charge in [0, 0.05) is 10.9 Å². The molecule has 0 radical (unpaired) electrons. The molecule has 2 rings (SSSR count). The van der Waals surface area contributed by atoms with Crippen molar-refractivity contribution >= 4 is 11.3 Å². The van der Waals surface area contributed by atoms with E-state index in [1.807, 2.05) is 11.3 Å². The maximum Gasteiger partial charge on any atom is 0.00506 e. The van der Waals surface area contributed by atoms with Gasteiger partial charge in [-0.2, -0.15) is 0 Å². The highest BCUT2D eigenvalue weighted by molar-refractivity contribution is 7.09. The Morgan fingerprint density at radius 1 is 1.69 bits per heavy atom. The molecule has 2 unspecified atom stereocenters. The first-order valence-corrected chi connectivity index (χ1v) is 5.84. The summed E-state index contributed by atoms with van der Waals surface area (Å²) in [4.78, 5) is 1.51. The first kappa shape index (κ1) is 9.22. The van der Waals surface area contributed by atoms with Crippen LogP contribution in [0, 0.1) is 5.41 Å². The van der Waals surface area contributed by atoms with Gasteiger partial charge in [0.25, 0.3) is 0 Å². The lowest BCUT2D eigenvalue weighted by Crippen LogP contribution is -2.20. The van der Waals surface area contributed by atoms with Crippen molar-refractivity contribution < 1.29 is 0 Å². The Morgan fingerprint density at radius 2 is 2.54 bits per heavy atom. The lowest BCUT2D eigenvalue weighted by atomic mass is 9.84. The van der Waals surface area contributed by atoms with Crippen LogP contribution in [-0.2, 0) is 6.42 Å². The summed E-state index contributed by atoms with van der Waals surface area (Å²) in [7, 11) is 0. The Balaban J connectivity index is 2.01. The topological polar surface area (TPSA) is 26.0 Å². The van der Waals surface area contributed by atoms with Crippen LogP contribution in [0.25, 0.3) is 0 Å². The summed E-state index contributed by atoms with van der Waals surface area (Å²) >= 11 is 1.87. The van der Waals surface area contributed by atoms with Crippen molar-refractivity contribution in [1.29, 1.82) is 0 Å². The van der Waals surface area contributed by atoms with Crippen LogP contribution >= 0.6 is 11.3 Å². The molecule has 0 spiro atoms. The number of hydrogen-bond acceptors (Lipinski definition) is 2. The molecule has 1 aliphatic carbocycles. The zero-order chi connectivity index (χ0) is 9.31. The highest BCUT2D eigenvalue weighted by atomic mass is 32.1. The molecule has 1 aromatic heterocycles. The molecular weight excluding hydrogens is 178 g/mol. The van der Waals surface area contributed by atoms with E-state index < -0.39 is 0 Å². The minimum atomic E-state index is 0.449. The highest BCUT2D eigenvalue weighted by Crippen LogP contribution is 2.40. The fourth-order valence-electron chi connectivity index (χ4n) is 2.37. The predicted molar refractivity (Wildman–Crippen MR) is 58.0 cm³/mol. The fraction of sp³-hybridized carbons (Fsp3) is 0.636. The average molecular weight is 195 g/mol. The molecule has 2 N–H and O–H groups in total. The maximum atomic E-state index is 5.94. The fourth-order valence-corrected chi connectivity index (χ4v) is 3.29. The molecule has 1 fully saturated rings. The number of rotatable bonds is 2. The van der Waals surface area contributed by atoms with Crippen LogP contribution in [0.3, 0.4) is 0 Å². The van der Waals surface area contributed by atoms with Crippen molar-refractivity contribution in [3.8, 4) is 0 Å². The second-order valence-electron chi connectivity index (χ2n) is 4.57. The Bertz CT molecular complexity index is 268. The third-order valence-corrected chi connectivity index (χ3v) is 3.93. The summed E-state index contributed by atoms with van der Waals surface area (Å²) in [5, 5.41) is 2.16. The van der Waals surface area contributed by atoms with E-state index in [0.717, 1.165) is 0 Å². The third-order valence-electron chi connectivity index (χ3n) is 3.05. The molecule has 2 heteroatoms. The first-order valence-electron chi connectivity index (χ1n) is 4.96. The van der Waals surface area contributed by atoms with Gasteiger partial charge in [0.15, 0.2) is 0 Å². The van der Waals surface area contributed by atoms with E-state index in [0.29, 0.717) is 11.5 Å². The summed E-state index contributed by atoms with van der Waals surface area (Å²) in [6.45, 7) is 2.37. The number of nitrogens with two attached hydrogens (primary N) is 1. The van der Waals surface area contributed by atoms with Gasteiger partial charge in [-0.3, -0.25) is 0 Å². The minimum Gasteiger partial charge on any atom is -0.328 e. The summed E-state index contributed by atoms with van der Waals surface area (Å²) in [5.41, 5.74) is 6.42. The SMILES string of the molecule is CC1(Cc2cccs2)CCC(N)C1. The summed E-state index contributed by atoms with van der Waals surface area (Å²) in [6, 6.07) is 4.82. The van der Waals surface area contributed by atoms with E-state index in [1.54, 1.807) is 0 Å². The summed E-state index contributed by atoms with van der Waals surface area (Å²) in [6.07, 6.45) is 4.93. The average Bonchev–Trinajstić information content (AvgIpc) is 2.62. The van der Waals surface area contributed by atoms with Gasteiger partial charge in [-0.25, -0.2) is 0 Å². The molecule has 72 valence electrons. The maximum absolute atomic E-state index is 5.94. The van der Waals surface area contributed by atoms with Crippen molar-refractivity contribution in [2.75, 3.05) is 0 Å². The summed E-state index contributed by atoms with van der Waals surface area (Å²) in [5.74, 6) is 0. The summed E-state index contributed by atoms with van der Waals surface area (Å²) < 4.78 is 0. The van der Waals surface area contributed by atoms with Crippen LogP contribution in [0.1, 0.15) is 31.1 Å². The normalized spacial score (nSPS) is 33.8. The monoisotopic (exact) mass is 195 g/mol. The molecule has 1 heterocycles. The Labute approximate surface area is 84.0 Å². The Hall–Kier alpha value is -0.340. The van der Waals surface area contributed by atoms with E-state index in [-0.39, 0.29) is 0 Å². The van der Waals surface area contributed by atoms with Gasteiger partial charge in [-0.1, -0.05) is 13.0 Å². The lowest BCUT2D eigenvalue weighted by Gasteiger charge is -2.22. The Kier molecular flexibility index (Phi) is 2.43. The molecule has 2 atom stereocenters. The van der Waals surface area contributed by atoms with Gasteiger partial charge < -0.3 is 5.73 Å². The zero-order valence-electron chi connectivity index (χ0n) is 8.12. The van der Waals surface area contributed by atoms with Crippen molar-refractivity contribution in [3.05, 3.63) is 22.4 Å². The van der Waals surface area contributed by atoms with Gasteiger partial charge in [0.1, 0.15) is 0 Å². The molecule has 1 aromatic rings. The molecule has 13 heavy (non-hydrogen) atoms. The first-order chi connectivity index (χ1) is 6.18. The second kappa shape index (κ2) is 3.43. The zero-order valence-corrected chi connectivity index (χ0v) is 8.94. The van der Waals surface area contributed by atoms with Gasteiger partial charge in [0.2, 0.25) is 0 Å². The van der Waals surface area contributed by atoms with E-state index in [2.05, 4.69) is 24.4 Å². The standard InChI is InChI=1S/C11H17NS/c1-11(5-4-9(12)7-11)8-10-3-2-6-13-10/h2-3,6,9H,4-5,7-8,12H2,1H3. The molecule has 0 saturated heterocycles. The highest BCUT2D eigenvalue weighted by Gasteiger charge is 2.33. The molecule has 0 aromatic carbocycles. The van der Waals surface area contributed by atoms with Gasteiger partial charge >= 0.3 is 0 Å². The lowest BCUT2D eigenvalue weighted by molar-refractivity contribution is 0.332. The van der Waals surface area contributed by atoms with E-state index >= 15 is 0 Å². The molecule has 0 aliphatic heterocycles. The Morgan fingerprint density at radius 3 is 3.08 bits per heavy atom. The number of hydrogen-bond donors (Lipinski definition) is 1. The molecule has 0 amide bonds. The molecular formula is C11H17NS. The van der Waals surface area contributed by atoms with Crippen molar-refractivity contribution in [2.45, 2.75) is 38.6 Å². The molecule has 1 saturated carbocycles. The smallest absolute Gasteiger partial charge is 0.00506 e. The van der Waals surface area contributed by atoms with Crippen molar-refractivity contribution in [1.82, 2.24) is 0 Å². The number of thiophene rings is 1. The van der Waals surface area contributed by atoms with Crippen LogP contribution in [0.4, 0.5) is 0 Å². The van der Waals surface area contributed by atoms with Gasteiger partial charge in [-0.05, 0) is 42.5 Å². The van der Waals surface area contributed by atoms with Gasteiger partial charge in [0.05, 0.1) is 0 Å². The van der Waals surface area contributed by atoms with Crippen LogP contribution < -0.4 is 5.73 Å². The van der Waals surface area contributed by atoms with Crippen LogP contribution in [0.15, 0.2) is 17.5 Å². The van der Waals surface area contributed by atoms with E-state index in [1.165, 1.54) is 30.6 Å². The molecule has 1 nitrogen and oxygen atoms in total. The van der Waals surface area contributed by atoms with Crippen molar-refractivity contribution in [2.24, 2.45) is 11.1 Å². The molecule has 0 bridgehead atoms. The quantitative estimate of drug-likeness (QED) is 0.771. The van der Waals surface area contributed by atoms with Crippen LogP contribution in [-0.4, -0.2) is 6.04 Å².